The maximum Gasteiger partial charge on any atom is 0.254 e. The molecule has 0 bridgehead atoms. The number of hydrogen-bond acceptors (Lipinski definition) is 5. The average Bonchev–Trinajstić information content (AvgIpc) is 3.08. The molecule has 7 heteroatoms. The van der Waals surface area contributed by atoms with E-state index in [0.717, 1.165) is 12.2 Å². The molecule has 0 aliphatic carbocycles. The van der Waals surface area contributed by atoms with Gasteiger partial charge in [-0.3, -0.25) is 9.59 Å². The summed E-state index contributed by atoms with van der Waals surface area (Å²) in [4.78, 5) is 29.3. The van der Waals surface area contributed by atoms with Gasteiger partial charge in [0.2, 0.25) is 5.91 Å². The van der Waals surface area contributed by atoms with Crippen molar-refractivity contribution in [1.29, 1.82) is 0 Å². The summed E-state index contributed by atoms with van der Waals surface area (Å²) >= 11 is 0. The van der Waals surface area contributed by atoms with Gasteiger partial charge in [-0.15, -0.1) is 0 Å². The lowest BCUT2D eigenvalue weighted by Crippen LogP contribution is -2.37. The molecule has 1 fully saturated rings. The summed E-state index contributed by atoms with van der Waals surface area (Å²) in [6.45, 7) is 4.87. The third-order valence-electron chi connectivity index (χ3n) is 5.59. The van der Waals surface area contributed by atoms with E-state index >= 15 is 0 Å². The largest absolute Gasteiger partial charge is 0.494 e. The Labute approximate surface area is 189 Å². The molecule has 0 atom stereocenters. The Kier molecular flexibility index (Phi) is 8.36. The molecule has 1 heterocycles. The van der Waals surface area contributed by atoms with E-state index < -0.39 is 0 Å². The fourth-order valence-electron chi connectivity index (χ4n) is 3.73. The molecule has 0 saturated carbocycles. The summed E-state index contributed by atoms with van der Waals surface area (Å²) in [5.41, 5.74) is 1.74. The van der Waals surface area contributed by atoms with Gasteiger partial charge in [0.25, 0.3) is 5.91 Å². The highest BCUT2D eigenvalue weighted by atomic mass is 16.5. The molecule has 0 N–H and O–H groups in total. The molecule has 0 spiro atoms. The van der Waals surface area contributed by atoms with Crippen LogP contribution in [0, 0.1) is 6.92 Å². The molecule has 1 aliphatic heterocycles. The Morgan fingerprint density at radius 3 is 2.28 bits per heavy atom. The van der Waals surface area contributed by atoms with Gasteiger partial charge >= 0.3 is 0 Å². The minimum atomic E-state index is -0.0632. The summed E-state index contributed by atoms with van der Waals surface area (Å²) in [6, 6.07) is 13.1. The second kappa shape index (κ2) is 11.4. The lowest BCUT2D eigenvalue weighted by atomic mass is 10.1. The first-order valence-electron chi connectivity index (χ1n) is 11.0. The molecule has 2 amide bonds. The summed E-state index contributed by atoms with van der Waals surface area (Å²) in [5, 5.41) is 0. The number of methoxy groups -OCH3 is 2. The van der Waals surface area contributed by atoms with E-state index in [4.69, 9.17) is 14.2 Å². The maximum atomic E-state index is 13.0. The molecule has 172 valence electrons. The van der Waals surface area contributed by atoms with Gasteiger partial charge in [-0.25, -0.2) is 0 Å². The fraction of sp³-hybridized carbons (Fsp3) is 0.440. The minimum absolute atomic E-state index is 0.0632. The zero-order valence-corrected chi connectivity index (χ0v) is 19.1. The zero-order chi connectivity index (χ0) is 22.9. The number of benzene rings is 2. The number of hydrogen-bond donors (Lipinski definition) is 0. The van der Waals surface area contributed by atoms with E-state index in [1.165, 1.54) is 5.56 Å². The molecule has 7 nitrogen and oxygen atoms in total. The predicted molar refractivity (Wildman–Crippen MR) is 123 cm³/mol. The molecule has 32 heavy (non-hydrogen) atoms. The van der Waals surface area contributed by atoms with Gasteiger partial charge in [-0.05, 0) is 50.1 Å². The van der Waals surface area contributed by atoms with E-state index in [1.54, 1.807) is 37.3 Å². The van der Waals surface area contributed by atoms with Crippen molar-refractivity contribution < 1.29 is 23.8 Å². The van der Waals surface area contributed by atoms with Crippen LogP contribution in [0.25, 0.3) is 0 Å². The van der Waals surface area contributed by atoms with Crippen molar-refractivity contribution in [2.45, 2.75) is 26.2 Å². The third-order valence-corrected chi connectivity index (χ3v) is 5.59. The molecule has 3 rings (SSSR count). The first-order valence-corrected chi connectivity index (χ1v) is 11.0. The number of nitrogens with zero attached hydrogens (tertiary/aromatic N) is 2. The van der Waals surface area contributed by atoms with E-state index in [1.807, 2.05) is 36.1 Å². The van der Waals surface area contributed by atoms with Crippen molar-refractivity contribution in [2.24, 2.45) is 0 Å². The van der Waals surface area contributed by atoms with Crippen LogP contribution in [-0.2, 0) is 4.79 Å². The summed E-state index contributed by atoms with van der Waals surface area (Å²) < 4.78 is 16.3. The third kappa shape index (κ3) is 6.15. The predicted octanol–water partition coefficient (Wildman–Crippen LogP) is 3.55. The minimum Gasteiger partial charge on any atom is -0.494 e. The van der Waals surface area contributed by atoms with Crippen LogP contribution in [0.15, 0.2) is 42.5 Å². The number of ether oxygens (including phenoxy) is 3. The highest BCUT2D eigenvalue weighted by Crippen LogP contribution is 2.28. The van der Waals surface area contributed by atoms with Gasteiger partial charge in [0.15, 0.2) is 11.5 Å². The monoisotopic (exact) mass is 440 g/mol. The van der Waals surface area contributed by atoms with Gasteiger partial charge in [-0.1, -0.05) is 17.7 Å². The Bertz CT molecular complexity index is 913. The molecule has 1 aliphatic rings. The summed E-state index contributed by atoms with van der Waals surface area (Å²) in [7, 11) is 3.11. The van der Waals surface area contributed by atoms with Crippen LogP contribution >= 0.6 is 0 Å². The molecular formula is C25H32N2O5. The average molecular weight is 441 g/mol. The molecule has 0 aromatic heterocycles. The second-order valence-electron chi connectivity index (χ2n) is 7.86. The number of aryl methyl sites for hydroxylation is 1. The van der Waals surface area contributed by atoms with E-state index in [0.29, 0.717) is 62.7 Å². The van der Waals surface area contributed by atoms with Crippen LogP contribution in [0.3, 0.4) is 0 Å². The smallest absolute Gasteiger partial charge is 0.254 e. The van der Waals surface area contributed by atoms with Crippen molar-refractivity contribution in [2.75, 3.05) is 47.0 Å². The number of amides is 2. The SMILES string of the molecule is COc1ccc(C(=O)N2CCCN(C(=O)CCCOc3ccc(C)cc3)CC2)cc1OC. The van der Waals surface area contributed by atoms with Crippen molar-refractivity contribution >= 4 is 11.8 Å². The van der Waals surface area contributed by atoms with Crippen molar-refractivity contribution in [3.8, 4) is 17.2 Å². The molecular weight excluding hydrogens is 408 g/mol. The Hall–Kier alpha value is -3.22. The number of rotatable bonds is 8. The lowest BCUT2D eigenvalue weighted by Gasteiger charge is -2.22. The summed E-state index contributed by atoms with van der Waals surface area (Å²) in [6.07, 6.45) is 1.86. The summed E-state index contributed by atoms with van der Waals surface area (Å²) in [5.74, 6) is 1.98. The fourth-order valence-corrected chi connectivity index (χ4v) is 3.73. The second-order valence-corrected chi connectivity index (χ2v) is 7.86. The Morgan fingerprint density at radius 1 is 0.875 bits per heavy atom. The lowest BCUT2D eigenvalue weighted by molar-refractivity contribution is -0.131. The standard InChI is InChI=1S/C25H32N2O5/c1-19-7-10-21(11-8-19)32-17-4-6-24(28)26-13-5-14-27(16-15-26)25(29)20-9-12-22(30-2)23(18-20)31-3/h7-12,18H,4-6,13-17H2,1-3H3. The van der Waals surface area contributed by atoms with Crippen molar-refractivity contribution in [3.05, 3.63) is 53.6 Å². The van der Waals surface area contributed by atoms with Crippen molar-refractivity contribution in [3.63, 3.8) is 0 Å². The Balaban J connectivity index is 1.47. The normalized spacial score (nSPS) is 14.0. The van der Waals surface area contributed by atoms with Gasteiger partial charge in [-0.2, -0.15) is 0 Å². The van der Waals surface area contributed by atoms with Crippen LogP contribution in [0.4, 0.5) is 0 Å². The molecule has 0 unspecified atom stereocenters. The number of carbonyl (C=O) groups excluding carboxylic acids is 2. The van der Waals surface area contributed by atoms with Gasteiger partial charge < -0.3 is 24.0 Å². The van der Waals surface area contributed by atoms with Crippen LogP contribution in [0.5, 0.6) is 17.2 Å². The zero-order valence-electron chi connectivity index (χ0n) is 19.1. The van der Waals surface area contributed by atoms with Crippen LogP contribution in [0.2, 0.25) is 0 Å². The quantitative estimate of drug-likeness (QED) is 0.588. The highest BCUT2D eigenvalue weighted by molar-refractivity contribution is 5.95. The topological polar surface area (TPSA) is 68.3 Å². The molecule has 1 saturated heterocycles. The van der Waals surface area contributed by atoms with Crippen LogP contribution in [0.1, 0.15) is 35.2 Å². The molecule has 0 radical (unpaired) electrons. The van der Waals surface area contributed by atoms with E-state index in [9.17, 15) is 9.59 Å². The first kappa shape index (κ1) is 23.4. The van der Waals surface area contributed by atoms with Crippen LogP contribution in [-0.4, -0.2) is 68.6 Å². The van der Waals surface area contributed by atoms with Gasteiger partial charge in [0.05, 0.1) is 20.8 Å². The van der Waals surface area contributed by atoms with Gasteiger partial charge in [0.1, 0.15) is 5.75 Å². The van der Waals surface area contributed by atoms with Crippen LogP contribution < -0.4 is 14.2 Å². The van der Waals surface area contributed by atoms with E-state index in [-0.39, 0.29) is 11.8 Å². The molecule has 2 aromatic rings. The number of carbonyl (C=O) groups is 2. The molecule has 2 aromatic carbocycles. The first-order chi connectivity index (χ1) is 15.5. The maximum absolute atomic E-state index is 13.0. The van der Waals surface area contributed by atoms with E-state index in [2.05, 4.69) is 0 Å². The van der Waals surface area contributed by atoms with Gasteiger partial charge in [0, 0.05) is 38.2 Å². The highest BCUT2D eigenvalue weighted by Gasteiger charge is 2.23. The Morgan fingerprint density at radius 2 is 1.56 bits per heavy atom. The van der Waals surface area contributed by atoms with Crippen molar-refractivity contribution in [1.82, 2.24) is 9.80 Å².